The van der Waals surface area contributed by atoms with Crippen molar-refractivity contribution in [2.75, 3.05) is 31.1 Å². The molecule has 0 atom stereocenters. The minimum atomic E-state index is -3.62. The number of anilines is 1. The van der Waals surface area contributed by atoms with Gasteiger partial charge in [-0.15, -0.1) is 0 Å². The highest BCUT2D eigenvalue weighted by atomic mass is 35.5. The molecule has 1 saturated heterocycles. The van der Waals surface area contributed by atoms with Crippen LogP contribution in [0.2, 0.25) is 5.02 Å². The third kappa shape index (κ3) is 2.74. The molecule has 1 aromatic carbocycles. The van der Waals surface area contributed by atoms with Gasteiger partial charge in [0.15, 0.2) is 0 Å². The van der Waals surface area contributed by atoms with E-state index in [4.69, 9.17) is 11.6 Å². The maximum atomic E-state index is 12.8. The zero-order valence-corrected chi connectivity index (χ0v) is 13.9. The fourth-order valence-electron chi connectivity index (χ4n) is 2.61. The van der Waals surface area contributed by atoms with E-state index in [2.05, 4.69) is 10.2 Å². The molecule has 1 aliphatic rings. The molecule has 0 unspecified atom stereocenters. The van der Waals surface area contributed by atoms with Crippen molar-refractivity contribution in [1.29, 1.82) is 0 Å². The molecule has 3 rings (SSSR count). The number of hydrogen-bond acceptors (Lipinski definition) is 4. The smallest absolute Gasteiger partial charge is 0.267 e. The van der Waals surface area contributed by atoms with Crippen molar-refractivity contribution in [3.05, 3.63) is 47.2 Å². The van der Waals surface area contributed by atoms with Crippen LogP contribution in [-0.2, 0) is 10.0 Å². The predicted molar refractivity (Wildman–Crippen MR) is 88.3 cm³/mol. The van der Waals surface area contributed by atoms with Gasteiger partial charge in [-0.3, -0.25) is 0 Å². The summed E-state index contributed by atoms with van der Waals surface area (Å²) in [6.07, 6.45) is 3.26. The van der Waals surface area contributed by atoms with Crippen LogP contribution in [-0.4, -0.2) is 38.6 Å². The highest BCUT2D eigenvalue weighted by Gasteiger charge is 2.21. The van der Waals surface area contributed by atoms with Crippen molar-refractivity contribution < 1.29 is 8.42 Å². The average molecular weight is 340 g/mol. The molecule has 2 heterocycles. The van der Waals surface area contributed by atoms with Gasteiger partial charge in [0.1, 0.15) is 0 Å². The quantitative estimate of drug-likeness (QED) is 0.930. The molecule has 118 valence electrons. The Kier molecular flexibility index (Phi) is 4.16. The Morgan fingerprint density at radius 2 is 1.91 bits per heavy atom. The summed E-state index contributed by atoms with van der Waals surface area (Å²) in [7, 11) is -3.62. The summed E-state index contributed by atoms with van der Waals surface area (Å²) < 4.78 is 26.8. The average Bonchev–Trinajstić information content (AvgIpc) is 3.01. The van der Waals surface area contributed by atoms with Crippen LogP contribution in [0.1, 0.15) is 5.56 Å². The van der Waals surface area contributed by atoms with Crippen LogP contribution < -0.4 is 10.2 Å². The molecule has 0 amide bonds. The molecule has 5 nitrogen and oxygen atoms in total. The summed E-state index contributed by atoms with van der Waals surface area (Å²) >= 11 is 6.05. The first-order chi connectivity index (χ1) is 10.5. The molecule has 1 aromatic heterocycles. The van der Waals surface area contributed by atoms with Gasteiger partial charge in [0.2, 0.25) is 0 Å². The number of nitrogens with zero attached hydrogens (tertiary/aromatic N) is 2. The molecular formula is C15H18ClN3O2S. The van der Waals surface area contributed by atoms with Gasteiger partial charge in [0, 0.05) is 43.6 Å². The number of rotatable bonds is 3. The molecule has 7 heteroatoms. The highest BCUT2D eigenvalue weighted by Crippen LogP contribution is 2.26. The van der Waals surface area contributed by atoms with E-state index in [9.17, 15) is 8.42 Å². The van der Waals surface area contributed by atoms with E-state index in [0.717, 1.165) is 31.9 Å². The van der Waals surface area contributed by atoms with Gasteiger partial charge >= 0.3 is 0 Å². The lowest BCUT2D eigenvalue weighted by Crippen LogP contribution is -2.43. The first-order valence-corrected chi connectivity index (χ1v) is 8.96. The van der Waals surface area contributed by atoms with Gasteiger partial charge in [-0.2, -0.15) is 0 Å². The lowest BCUT2D eigenvalue weighted by Gasteiger charge is -2.28. The van der Waals surface area contributed by atoms with Crippen molar-refractivity contribution in [2.24, 2.45) is 0 Å². The van der Waals surface area contributed by atoms with Gasteiger partial charge in [0.05, 0.1) is 10.6 Å². The minimum absolute atomic E-state index is 0.238. The third-order valence-corrected chi connectivity index (χ3v) is 6.10. The molecule has 0 bridgehead atoms. The Bertz CT molecular complexity index is 780. The van der Waals surface area contributed by atoms with Gasteiger partial charge < -0.3 is 10.2 Å². The van der Waals surface area contributed by atoms with Crippen molar-refractivity contribution in [3.8, 4) is 0 Å². The monoisotopic (exact) mass is 339 g/mol. The molecule has 1 aliphatic heterocycles. The number of halogens is 1. The second-order valence-electron chi connectivity index (χ2n) is 5.30. The SMILES string of the molecule is Cc1c(Cl)cccc1S(=O)(=O)n1ccc(N2CCNCC2)c1. The molecule has 0 aliphatic carbocycles. The highest BCUT2D eigenvalue weighted by molar-refractivity contribution is 7.90. The molecule has 1 fully saturated rings. The molecule has 0 radical (unpaired) electrons. The van der Waals surface area contributed by atoms with Crippen LogP contribution >= 0.6 is 11.6 Å². The predicted octanol–water partition coefficient (Wildman–Crippen LogP) is 2.10. The van der Waals surface area contributed by atoms with Gasteiger partial charge in [0.25, 0.3) is 10.0 Å². The molecule has 0 spiro atoms. The largest absolute Gasteiger partial charge is 0.368 e. The second kappa shape index (κ2) is 5.95. The van der Waals surface area contributed by atoms with E-state index in [-0.39, 0.29) is 4.90 Å². The van der Waals surface area contributed by atoms with E-state index in [1.165, 1.54) is 3.97 Å². The van der Waals surface area contributed by atoms with Crippen LogP contribution in [0.5, 0.6) is 0 Å². The first kappa shape index (κ1) is 15.4. The third-order valence-electron chi connectivity index (χ3n) is 3.91. The van der Waals surface area contributed by atoms with E-state index < -0.39 is 10.0 Å². The van der Waals surface area contributed by atoms with E-state index in [0.29, 0.717) is 10.6 Å². The van der Waals surface area contributed by atoms with Crippen LogP contribution in [0, 0.1) is 6.92 Å². The Labute approximate surface area is 135 Å². The number of aromatic nitrogens is 1. The fraction of sp³-hybridized carbons (Fsp3) is 0.333. The molecule has 22 heavy (non-hydrogen) atoms. The Hall–Kier alpha value is -1.50. The van der Waals surface area contributed by atoms with Gasteiger partial charge in [-0.05, 0) is 30.7 Å². The maximum absolute atomic E-state index is 12.8. The lowest BCUT2D eigenvalue weighted by molar-refractivity contribution is 0.584. The Morgan fingerprint density at radius 1 is 1.18 bits per heavy atom. The summed E-state index contributed by atoms with van der Waals surface area (Å²) in [4.78, 5) is 2.41. The number of benzene rings is 1. The number of nitrogens with one attached hydrogen (secondary N) is 1. The Balaban J connectivity index is 1.96. The second-order valence-corrected chi connectivity index (χ2v) is 7.52. The molecule has 0 saturated carbocycles. The van der Waals surface area contributed by atoms with Gasteiger partial charge in [-0.25, -0.2) is 12.4 Å². The maximum Gasteiger partial charge on any atom is 0.267 e. The van der Waals surface area contributed by atoms with Crippen LogP contribution in [0.25, 0.3) is 0 Å². The number of hydrogen-bond donors (Lipinski definition) is 1. The van der Waals surface area contributed by atoms with Crippen molar-refractivity contribution in [2.45, 2.75) is 11.8 Å². The van der Waals surface area contributed by atoms with Crippen molar-refractivity contribution >= 4 is 27.3 Å². The van der Waals surface area contributed by atoms with E-state index in [1.807, 2.05) is 6.07 Å². The molecular weight excluding hydrogens is 322 g/mol. The summed E-state index contributed by atoms with van der Waals surface area (Å²) in [5.41, 5.74) is 1.49. The van der Waals surface area contributed by atoms with Gasteiger partial charge in [-0.1, -0.05) is 17.7 Å². The number of piperazine rings is 1. The summed E-state index contributed by atoms with van der Waals surface area (Å²) in [6, 6.07) is 6.77. The zero-order chi connectivity index (χ0) is 15.7. The lowest BCUT2D eigenvalue weighted by atomic mass is 10.2. The van der Waals surface area contributed by atoms with Crippen LogP contribution in [0.15, 0.2) is 41.6 Å². The van der Waals surface area contributed by atoms with E-state index >= 15 is 0 Å². The van der Waals surface area contributed by atoms with Crippen molar-refractivity contribution in [1.82, 2.24) is 9.29 Å². The molecule has 2 aromatic rings. The van der Waals surface area contributed by atoms with E-state index in [1.54, 1.807) is 37.5 Å². The van der Waals surface area contributed by atoms with Crippen LogP contribution in [0.4, 0.5) is 5.69 Å². The first-order valence-electron chi connectivity index (χ1n) is 7.14. The summed E-state index contributed by atoms with van der Waals surface area (Å²) in [5, 5.41) is 3.73. The van der Waals surface area contributed by atoms with Crippen molar-refractivity contribution in [3.63, 3.8) is 0 Å². The zero-order valence-electron chi connectivity index (χ0n) is 12.3. The minimum Gasteiger partial charge on any atom is -0.368 e. The fourth-order valence-corrected chi connectivity index (χ4v) is 4.28. The summed E-state index contributed by atoms with van der Waals surface area (Å²) in [5.74, 6) is 0. The topological polar surface area (TPSA) is 54.3 Å². The molecule has 1 N–H and O–H groups in total. The standard InChI is InChI=1S/C15H18ClN3O2S/c1-12-14(16)3-2-4-15(12)22(20,21)19-8-5-13(11-19)18-9-6-17-7-10-18/h2-5,8,11,17H,6-7,9-10H2,1H3. The normalized spacial score (nSPS) is 16.0. The Morgan fingerprint density at radius 3 is 2.64 bits per heavy atom. The van der Waals surface area contributed by atoms with Crippen LogP contribution in [0.3, 0.4) is 0 Å². The summed E-state index contributed by atoms with van der Waals surface area (Å²) in [6.45, 7) is 5.28.